The van der Waals surface area contributed by atoms with Gasteiger partial charge in [0.25, 0.3) is 5.56 Å². The van der Waals surface area contributed by atoms with Crippen LogP contribution >= 0.6 is 23.1 Å². The monoisotopic (exact) mass is 414 g/mol. The summed E-state index contributed by atoms with van der Waals surface area (Å²) in [5, 5.41) is 1.54. The number of benzene rings is 1. The molecule has 1 aliphatic carbocycles. The molecule has 2 aromatic heterocycles. The maximum Gasteiger partial charge on any atom is 0.338 e. The van der Waals surface area contributed by atoms with Crippen LogP contribution in [0.1, 0.15) is 40.6 Å². The van der Waals surface area contributed by atoms with E-state index in [-0.39, 0.29) is 18.1 Å². The van der Waals surface area contributed by atoms with Crippen LogP contribution in [0.3, 0.4) is 0 Å². The summed E-state index contributed by atoms with van der Waals surface area (Å²) in [7, 11) is 0. The van der Waals surface area contributed by atoms with Crippen molar-refractivity contribution in [2.75, 3.05) is 12.4 Å². The normalized spacial score (nSPS) is 13.0. The first-order valence-electron chi connectivity index (χ1n) is 9.59. The summed E-state index contributed by atoms with van der Waals surface area (Å²) < 4.78 is 7.13. The van der Waals surface area contributed by atoms with Crippen LogP contribution in [0.4, 0.5) is 0 Å². The summed E-state index contributed by atoms with van der Waals surface area (Å²) in [6, 6.07) is 8.96. The van der Waals surface area contributed by atoms with E-state index in [1.807, 2.05) is 18.2 Å². The quantitative estimate of drug-likeness (QED) is 0.250. The minimum atomic E-state index is -0.328. The molecule has 0 amide bonds. The summed E-state index contributed by atoms with van der Waals surface area (Å²) in [6.07, 6.45) is 4.05. The Balaban J connectivity index is 1.49. The van der Waals surface area contributed by atoms with E-state index in [4.69, 9.17) is 9.72 Å². The highest BCUT2D eigenvalue weighted by Crippen LogP contribution is 2.35. The third-order valence-electron chi connectivity index (χ3n) is 4.79. The molecule has 0 radical (unpaired) electrons. The van der Waals surface area contributed by atoms with Crippen molar-refractivity contribution < 1.29 is 9.53 Å². The number of thioether (sulfide) groups is 1. The number of fused-ring (bicyclic) bond motifs is 3. The van der Waals surface area contributed by atoms with Gasteiger partial charge in [0.1, 0.15) is 11.4 Å². The van der Waals surface area contributed by atoms with Gasteiger partial charge in [0.2, 0.25) is 0 Å². The van der Waals surface area contributed by atoms with Crippen molar-refractivity contribution in [1.82, 2.24) is 9.55 Å². The second-order valence-corrected chi connectivity index (χ2v) is 8.88. The molecule has 1 aromatic carbocycles. The number of hydrogen-bond acceptors (Lipinski definition) is 6. The Hall–Kier alpha value is -2.12. The van der Waals surface area contributed by atoms with Gasteiger partial charge in [-0.1, -0.05) is 36.9 Å². The molecule has 2 heterocycles. The number of carbonyl (C=O) groups is 1. The van der Waals surface area contributed by atoms with E-state index < -0.39 is 0 Å². The van der Waals surface area contributed by atoms with Gasteiger partial charge < -0.3 is 4.74 Å². The number of aromatic nitrogens is 2. The Morgan fingerprint density at radius 2 is 2.11 bits per heavy atom. The van der Waals surface area contributed by atoms with Crippen LogP contribution in [0.5, 0.6) is 0 Å². The van der Waals surface area contributed by atoms with Gasteiger partial charge in [0, 0.05) is 17.2 Å². The lowest BCUT2D eigenvalue weighted by Crippen LogP contribution is -2.23. The molecule has 28 heavy (non-hydrogen) atoms. The molecule has 0 fully saturated rings. The predicted octanol–water partition coefficient (Wildman–Crippen LogP) is 4.31. The number of rotatable bonds is 7. The summed E-state index contributed by atoms with van der Waals surface area (Å²) in [4.78, 5) is 32.1. The molecular weight excluding hydrogens is 392 g/mol. The van der Waals surface area contributed by atoms with Crippen molar-refractivity contribution in [3.8, 4) is 0 Å². The lowest BCUT2D eigenvalue weighted by molar-refractivity contribution is 0.0530. The summed E-state index contributed by atoms with van der Waals surface area (Å²) in [5.41, 5.74) is 1.84. The predicted molar refractivity (Wildman–Crippen MR) is 114 cm³/mol. The van der Waals surface area contributed by atoms with E-state index in [9.17, 15) is 9.59 Å². The van der Waals surface area contributed by atoms with Gasteiger partial charge in [-0.15, -0.1) is 11.3 Å². The van der Waals surface area contributed by atoms with Gasteiger partial charge in [0.15, 0.2) is 5.16 Å². The lowest BCUT2D eigenvalue weighted by Gasteiger charge is -2.11. The molecule has 0 atom stereocenters. The highest BCUT2D eigenvalue weighted by Gasteiger charge is 2.23. The van der Waals surface area contributed by atoms with Crippen molar-refractivity contribution in [3.05, 3.63) is 56.7 Å². The third kappa shape index (κ3) is 3.73. The molecule has 1 aliphatic rings. The van der Waals surface area contributed by atoms with Gasteiger partial charge in [-0.05, 0) is 43.4 Å². The van der Waals surface area contributed by atoms with E-state index in [1.54, 1.807) is 28.0 Å². The lowest BCUT2D eigenvalue weighted by atomic mass is 10.2. The van der Waals surface area contributed by atoms with Crippen LogP contribution in [0.2, 0.25) is 0 Å². The van der Waals surface area contributed by atoms with Crippen LogP contribution in [-0.2, 0) is 24.1 Å². The Morgan fingerprint density at radius 1 is 1.29 bits per heavy atom. The van der Waals surface area contributed by atoms with Gasteiger partial charge in [0.05, 0.1) is 10.9 Å². The van der Waals surface area contributed by atoms with Crippen LogP contribution < -0.4 is 5.56 Å². The molecule has 0 saturated heterocycles. The molecule has 7 heteroatoms. The van der Waals surface area contributed by atoms with Crippen LogP contribution in [0.15, 0.2) is 40.3 Å². The largest absolute Gasteiger partial charge is 0.461 e. The summed E-state index contributed by atoms with van der Waals surface area (Å²) in [5.74, 6) is 0.232. The fraction of sp³-hybridized carbons (Fsp3) is 0.381. The first-order chi connectivity index (χ1) is 13.7. The zero-order valence-electron chi connectivity index (χ0n) is 15.8. The number of nitrogens with zero attached hydrogens (tertiary/aromatic N) is 2. The minimum Gasteiger partial charge on any atom is -0.461 e. The zero-order valence-corrected chi connectivity index (χ0v) is 17.4. The van der Waals surface area contributed by atoms with Gasteiger partial charge >= 0.3 is 5.97 Å². The first-order valence-corrected chi connectivity index (χ1v) is 11.4. The Labute approximate surface area is 171 Å². The van der Waals surface area contributed by atoms with E-state index >= 15 is 0 Å². The highest BCUT2D eigenvalue weighted by atomic mass is 32.2. The highest BCUT2D eigenvalue weighted by molar-refractivity contribution is 7.99. The molecule has 0 spiro atoms. The molecule has 0 unspecified atom stereocenters. The van der Waals surface area contributed by atoms with Crippen LogP contribution in [0, 0.1) is 0 Å². The minimum absolute atomic E-state index is 0.0787. The zero-order chi connectivity index (χ0) is 19.5. The molecular formula is C21H22N2O3S2. The topological polar surface area (TPSA) is 61.2 Å². The number of ether oxygens (including phenoxy) is 1. The molecule has 0 aliphatic heterocycles. The summed E-state index contributed by atoms with van der Waals surface area (Å²) >= 11 is 3.13. The SMILES string of the molecule is CCCn1c(SCCOC(=O)c2ccccc2)nc2sc3c(c2c1=O)CCC3. The van der Waals surface area contributed by atoms with Gasteiger partial charge in [-0.3, -0.25) is 9.36 Å². The van der Waals surface area contributed by atoms with Gasteiger partial charge in [-0.25, -0.2) is 9.78 Å². The Morgan fingerprint density at radius 3 is 2.89 bits per heavy atom. The van der Waals surface area contributed by atoms with Crippen molar-refractivity contribution in [2.45, 2.75) is 44.3 Å². The second-order valence-electron chi connectivity index (χ2n) is 6.74. The van der Waals surface area contributed by atoms with Crippen LogP contribution in [-0.4, -0.2) is 27.9 Å². The van der Waals surface area contributed by atoms with Crippen LogP contribution in [0.25, 0.3) is 10.2 Å². The van der Waals surface area contributed by atoms with Crippen molar-refractivity contribution in [3.63, 3.8) is 0 Å². The number of thiophene rings is 1. The fourth-order valence-electron chi connectivity index (χ4n) is 3.51. The summed E-state index contributed by atoms with van der Waals surface area (Å²) in [6.45, 7) is 2.99. The first kappa shape index (κ1) is 19.2. The molecule has 0 bridgehead atoms. The standard InChI is InChI=1S/C21H22N2O3S2/c1-2-11-23-19(24)17-15-9-6-10-16(15)28-18(17)22-21(23)27-13-12-26-20(25)14-7-4-3-5-8-14/h3-5,7-8H,2,6,9-13H2,1H3. The van der Waals surface area contributed by atoms with Crippen molar-refractivity contribution >= 4 is 39.3 Å². The molecule has 3 aromatic rings. The molecule has 0 N–H and O–H groups in total. The van der Waals surface area contributed by atoms with E-state index in [2.05, 4.69) is 6.92 Å². The molecule has 0 saturated carbocycles. The van der Waals surface area contributed by atoms with Gasteiger partial charge in [-0.2, -0.15) is 0 Å². The second kappa shape index (κ2) is 8.49. The maximum absolute atomic E-state index is 13.1. The number of esters is 1. The van der Waals surface area contributed by atoms with Crippen molar-refractivity contribution in [2.24, 2.45) is 0 Å². The van der Waals surface area contributed by atoms with E-state index in [1.165, 1.54) is 22.2 Å². The van der Waals surface area contributed by atoms with Crippen molar-refractivity contribution in [1.29, 1.82) is 0 Å². The maximum atomic E-state index is 13.1. The Kier molecular flexibility index (Phi) is 5.82. The molecule has 146 valence electrons. The van der Waals surface area contributed by atoms with E-state index in [0.29, 0.717) is 17.9 Å². The van der Waals surface area contributed by atoms with E-state index in [0.717, 1.165) is 41.1 Å². The number of aryl methyl sites for hydroxylation is 2. The average molecular weight is 415 g/mol. The molecule has 5 nitrogen and oxygen atoms in total. The Bertz CT molecular complexity index is 1060. The molecule has 4 rings (SSSR count). The fourth-order valence-corrected chi connectivity index (χ4v) is 5.66. The smallest absolute Gasteiger partial charge is 0.338 e. The number of hydrogen-bond donors (Lipinski definition) is 0. The third-order valence-corrected chi connectivity index (χ3v) is 6.92. The number of carbonyl (C=O) groups excluding carboxylic acids is 1. The average Bonchev–Trinajstić information content (AvgIpc) is 3.29.